The maximum Gasteiger partial charge on any atom is 0.279 e. The van der Waals surface area contributed by atoms with Gasteiger partial charge in [-0.3, -0.25) is 0 Å². The van der Waals surface area contributed by atoms with Gasteiger partial charge < -0.3 is 10.4 Å². The van der Waals surface area contributed by atoms with Gasteiger partial charge in [0.1, 0.15) is 0 Å². The zero-order valence-electron chi connectivity index (χ0n) is 9.97. The Hall–Kier alpha value is -0.210. The number of hydrogen-bond donors (Lipinski definition) is 3. The van der Waals surface area contributed by atoms with Crippen molar-refractivity contribution in [1.29, 1.82) is 0 Å². The Kier molecular flexibility index (Phi) is 4.69. The maximum atomic E-state index is 11.8. The van der Waals surface area contributed by atoms with E-state index in [1.807, 2.05) is 13.8 Å². The van der Waals surface area contributed by atoms with Crippen LogP contribution in [0.3, 0.4) is 0 Å². The van der Waals surface area contributed by atoms with Gasteiger partial charge in [0, 0.05) is 26.7 Å². The standard InChI is InChI=1S/C9H21N3O3S/c1-7(2)4-11-16(14,15)12(3)8-5-10-6-9(8)13/h7-11,13H,4-6H2,1-3H3/t8-,9-/m1/s1. The lowest BCUT2D eigenvalue weighted by Gasteiger charge is -2.26. The quantitative estimate of drug-likeness (QED) is 0.570. The molecule has 96 valence electrons. The second-order valence-electron chi connectivity index (χ2n) is 4.56. The van der Waals surface area contributed by atoms with E-state index in [0.29, 0.717) is 19.6 Å². The summed E-state index contributed by atoms with van der Waals surface area (Å²) < 4.78 is 27.4. The summed E-state index contributed by atoms with van der Waals surface area (Å²) in [4.78, 5) is 0. The summed E-state index contributed by atoms with van der Waals surface area (Å²) >= 11 is 0. The molecule has 0 amide bonds. The lowest BCUT2D eigenvalue weighted by atomic mass is 10.2. The van der Waals surface area contributed by atoms with Crippen LogP contribution in [-0.4, -0.2) is 56.7 Å². The minimum absolute atomic E-state index is 0.259. The van der Waals surface area contributed by atoms with Crippen LogP contribution in [0.15, 0.2) is 0 Å². The molecule has 1 heterocycles. The third-order valence-electron chi connectivity index (χ3n) is 2.67. The minimum Gasteiger partial charge on any atom is -0.390 e. The molecule has 0 saturated carbocycles. The summed E-state index contributed by atoms with van der Waals surface area (Å²) in [6.07, 6.45) is -0.638. The molecule has 0 aromatic rings. The average molecular weight is 251 g/mol. The number of rotatable bonds is 5. The van der Waals surface area contributed by atoms with E-state index < -0.39 is 16.3 Å². The fourth-order valence-corrected chi connectivity index (χ4v) is 2.89. The monoisotopic (exact) mass is 251 g/mol. The lowest BCUT2D eigenvalue weighted by molar-refractivity contribution is 0.135. The molecule has 0 aromatic carbocycles. The molecule has 0 spiro atoms. The molecule has 0 aromatic heterocycles. The van der Waals surface area contributed by atoms with Gasteiger partial charge in [-0.2, -0.15) is 12.7 Å². The Morgan fingerprint density at radius 2 is 2.12 bits per heavy atom. The zero-order valence-corrected chi connectivity index (χ0v) is 10.8. The van der Waals surface area contributed by atoms with Crippen LogP contribution >= 0.6 is 0 Å². The lowest BCUT2D eigenvalue weighted by Crippen LogP contribution is -2.49. The maximum absolute atomic E-state index is 11.8. The van der Waals surface area contributed by atoms with E-state index in [1.165, 1.54) is 11.4 Å². The molecule has 7 heteroatoms. The minimum atomic E-state index is -3.49. The van der Waals surface area contributed by atoms with Crippen LogP contribution in [0.25, 0.3) is 0 Å². The van der Waals surface area contributed by atoms with E-state index in [2.05, 4.69) is 10.0 Å². The Morgan fingerprint density at radius 1 is 1.50 bits per heavy atom. The largest absolute Gasteiger partial charge is 0.390 e. The number of nitrogens with zero attached hydrogens (tertiary/aromatic N) is 1. The molecule has 1 rings (SSSR count). The summed E-state index contributed by atoms with van der Waals surface area (Å²) in [6.45, 7) is 5.21. The van der Waals surface area contributed by atoms with Gasteiger partial charge in [-0.25, -0.2) is 4.72 Å². The SMILES string of the molecule is CC(C)CNS(=O)(=O)N(C)[C@@H]1CNC[C@H]1O. The van der Waals surface area contributed by atoms with Gasteiger partial charge in [0.2, 0.25) is 0 Å². The molecule has 1 aliphatic heterocycles. The molecule has 2 atom stereocenters. The van der Waals surface area contributed by atoms with Crippen LogP contribution in [-0.2, 0) is 10.2 Å². The van der Waals surface area contributed by atoms with Gasteiger partial charge in [-0.05, 0) is 5.92 Å². The fraction of sp³-hybridized carbons (Fsp3) is 1.00. The molecule has 0 bridgehead atoms. The summed E-state index contributed by atoms with van der Waals surface area (Å²) in [5.41, 5.74) is 0. The van der Waals surface area contributed by atoms with Crippen molar-refractivity contribution in [2.24, 2.45) is 5.92 Å². The highest BCUT2D eigenvalue weighted by atomic mass is 32.2. The summed E-state index contributed by atoms with van der Waals surface area (Å²) in [6, 6.07) is -0.385. The van der Waals surface area contributed by atoms with Crippen LogP contribution in [0, 0.1) is 5.92 Å². The van der Waals surface area contributed by atoms with Crippen molar-refractivity contribution in [3.8, 4) is 0 Å². The van der Waals surface area contributed by atoms with Crippen molar-refractivity contribution in [3.63, 3.8) is 0 Å². The van der Waals surface area contributed by atoms with Crippen LogP contribution in [0.5, 0.6) is 0 Å². The van der Waals surface area contributed by atoms with Gasteiger partial charge in [0.05, 0.1) is 12.1 Å². The highest BCUT2D eigenvalue weighted by Gasteiger charge is 2.34. The van der Waals surface area contributed by atoms with E-state index in [-0.39, 0.29) is 12.0 Å². The van der Waals surface area contributed by atoms with Crippen molar-refractivity contribution >= 4 is 10.2 Å². The predicted octanol–water partition coefficient (Wildman–Crippen LogP) is -1.26. The Labute approximate surface area is 97.2 Å². The molecule has 3 N–H and O–H groups in total. The van der Waals surface area contributed by atoms with E-state index in [0.717, 1.165) is 0 Å². The summed E-state index contributed by atoms with van der Waals surface area (Å²) in [5.74, 6) is 0.259. The Morgan fingerprint density at radius 3 is 2.56 bits per heavy atom. The van der Waals surface area contributed by atoms with E-state index in [4.69, 9.17) is 0 Å². The van der Waals surface area contributed by atoms with Crippen molar-refractivity contribution in [2.45, 2.75) is 26.0 Å². The van der Waals surface area contributed by atoms with E-state index in [1.54, 1.807) is 0 Å². The first-order valence-electron chi connectivity index (χ1n) is 5.46. The molecular formula is C9H21N3O3S. The first kappa shape index (κ1) is 13.9. The van der Waals surface area contributed by atoms with Crippen LogP contribution < -0.4 is 10.0 Å². The summed E-state index contributed by atoms with van der Waals surface area (Å²) in [5, 5.41) is 12.6. The van der Waals surface area contributed by atoms with E-state index in [9.17, 15) is 13.5 Å². The number of aliphatic hydroxyl groups excluding tert-OH is 1. The molecular weight excluding hydrogens is 230 g/mol. The molecule has 16 heavy (non-hydrogen) atoms. The third kappa shape index (κ3) is 3.39. The number of hydrogen-bond acceptors (Lipinski definition) is 4. The van der Waals surface area contributed by atoms with Gasteiger partial charge >= 0.3 is 0 Å². The molecule has 0 unspecified atom stereocenters. The summed E-state index contributed by atoms with van der Waals surface area (Å²) in [7, 11) is -2.00. The second kappa shape index (κ2) is 5.42. The van der Waals surface area contributed by atoms with Gasteiger partial charge in [0.25, 0.3) is 10.2 Å². The zero-order chi connectivity index (χ0) is 12.3. The molecule has 1 saturated heterocycles. The van der Waals surface area contributed by atoms with Crippen LogP contribution in [0.2, 0.25) is 0 Å². The first-order chi connectivity index (χ1) is 7.34. The van der Waals surface area contributed by atoms with Crippen LogP contribution in [0.4, 0.5) is 0 Å². The Balaban J connectivity index is 2.60. The third-order valence-corrected chi connectivity index (χ3v) is 4.23. The predicted molar refractivity (Wildman–Crippen MR) is 62.2 cm³/mol. The molecule has 1 fully saturated rings. The number of likely N-dealkylation sites (N-methyl/N-ethyl adjacent to an activating group) is 1. The average Bonchev–Trinajstić information content (AvgIpc) is 2.60. The molecule has 0 aliphatic carbocycles. The first-order valence-corrected chi connectivity index (χ1v) is 6.90. The van der Waals surface area contributed by atoms with Gasteiger partial charge in [-0.15, -0.1) is 0 Å². The van der Waals surface area contributed by atoms with Crippen molar-refractivity contribution in [1.82, 2.24) is 14.3 Å². The van der Waals surface area contributed by atoms with Crippen molar-refractivity contribution in [3.05, 3.63) is 0 Å². The number of aliphatic hydroxyl groups is 1. The second-order valence-corrected chi connectivity index (χ2v) is 6.37. The van der Waals surface area contributed by atoms with Crippen molar-refractivity contribution in [2.75, 3.05) is 26.7 Å². The van der Waals surface area contributed by atoms with Gasteiger partial charge in [0.15, 0.2) is 0 Å². The number of β-amino-alcohol motifs (C(OH)–C–C–N with tert-alkyl or cyclic N) is 1. The highest BCUT2D eigenvalue weighted by Crippen LogP contribution is 2.10. The smallest absolute Gasteiger partial charge is 0.279 e. The molecule has 1 aliphatic rings. The van der Waals surface area contributed by atoms with Crippen LogP contribution in [0.1, 0.15) is 13.8 Å². The van der Waals surface area contributed by atoms with E-state index >= 15 is 0 Å². The topological polar surface area (TPSA) is 81.7 Å². The highest BCUT2D eigenvalue weighted by molar-refractivity contribution is 7.87. The normalized spacial score (nSPS) is 26.9. The van der Waals surface area contributed by atoms with Gasteiger partial charge in [-0.1, -0.05) is 13.8 Å². The fourth-order valence-electron chi connectivity index (χ4n) is 1.57. The molecule has 6 nitrogen and oxygen atoms in total. The molecule has 0 radical (unpaired) electrons. The Bertz CT molecular complexity index is 318. The number of nitrogens with one attached hydrogen (secondary N) is 2. The van der Waals surface area contributed by atoms with Crippen molar-refractivity contribution < 1.29 is 13.5 Å².